The molecule has 0 saturated carbocycles. The van der Waals surface area contributed by atoms with E-state index in [2.05, 4.69) is 39.3 Å². The molecule has 0 aromatic heterocycles. The van der Waals surface area contributed by atoms with Crippen molar-refractivity contribution in [3.63, 3.8) is 0 Å². The summed E-state index contributed by atoms with van der Waals surface area (Å²) in [5, 5.41) is 6.86. The number of rotatable bonds is 6. The normalized spacial score (nSPS) is 19.5. The van der Waals surface area contributed by atoms with Crippen molar-refractivity contribution in [1.29, 1.82) is 0 Å². The van der Waals surface area contributed by atoms with Gasteiger partial charge in [-0.2, -0.15) is 0 Å². The Balaban J connectivity index is 0.00000480. The minimum atomic E-state index is -0.447. The molecule has 2 fully saturated rings. The lowest BCUT2D eigenvalue weighted by Crippen LogP contribution is -2.57. The van der Waals surface area contributed by atoms with Crippen molar-refractivity contribution in [2.45, 2.75) is 45.8 Å². The molecule has 0 spiro atoms. The third kappa shape index (κ3) is 10.1. The molecule has 2 heterocycles. The molecule has 0 aliphatic carbocycles. The molecule has 2 N–H and O–H groups in total. The number of aliphatic imine (C=N–C) groups is 1. The second-order valence-corrected chi connectivity index (χ2v) is 9.57. The van der Waals surface area contributed by atoms with Gasteiger partial charge in [-0.15, -0.1) is 24.0 Å². The third-order valence-electron chi connectivity index (χ3n) is 5.52. The van der Waals surface area contributed by atoms with Crippen LogP contribution in [0.5, 0.6) is 0 Å². The van der Waals surface area contributed by atoms with Crippen LogP contribution in [-0.2, 0) is 9.47 Å². The molecule has 0 unspecified atom stereocenters. The van der Waals surface area contributed by atoms with Crippen LogP contribution < -0.4 is 10.6 Å². The summed E-state index contributed by atoms with van der Waals surface area (Å²) in [5.74, 6) is 0.823. The molecule has 0 atom stereocenters. The summed E-state index contributed by atoms with van der Waals surface area (Å²) in [6.07, 6.45) is -0.215. The molecular weight excluding hydrogens is 511 g/mol. The van der Waals surface area contributed by atoms with E-state index in [1.54, 1.807) is 11.9 Å². The first kappa shape index (κ1) is 28.2. The van der Waals surface area contributed by atoms with E-state index in [1.165, 1.54) is 0 Å². The van der Waals surface area contributed by atoms with Gasteiger partial charge >= 0.3 is 6.09 Å². The first-order chi connectivity index (χ1) is 14.1. The Bertz CT molecular complexity index is 568. The number of morpholine rings is 1. The predicted octanol–water partition coefficient (Wildman–Crippen LogP) is 1.43. The number of halogens is 1. The standard InChI is InChI=1S/C21H42N6O3.HI/c1-20(2,3)30-19(28)26-11-9-25(10-12-26)8-7-23-18(22-6)24-17-21(4,5)27-13-15-29-16-14-27;/h7-17H2,1-6H3,(H2,22,23,24);1H. The van der Waals surface area contributed by atoms with Gasteiger partial charge < -0.3 is 25.0 Å². The highest BCUT2D eigenvalue weighted by atomic mass is 127. The highest BCUT2D eigenvalue weighted by Crippen LogP contribution is 2.15. The van der Waals surface area contributed by atoms with E-state index in [9.17, 15) is 4.79 Å². The van der Waals surface area contributed by atoms with Crippen LogP contribution in [0.15, 0.2) is 4.99 Å². The van der Waals surface area contributed by atoms with Gasteiger partial charge in [0.25, 0.3) is 0 Å². The number of nitrogens with zero attached hydrogens (tertiary/aromatic N) is 4. The largest absolute Gasteiger partial charge is 0.444 e. The smallest absolute Gasteiger partial charge is 0.410 e. The lowest BCUT2D eigenvalue weighted by Gasteiger charge is -2.41. The van der Waals surface area contributed by atoms with Gasteiger partial charge in [-0.25, -0.2) is 4.79 Å². The van der Waals surface area contributed by atoms with Crippen LogP contribution in [0.25, 0.3) is 0 Å². The second kappa shape index (κ2) is 13.0. The maximum atomic E-state index is 12.2. The maximum absolute atomic E-state index is 12.2. The highest BCUT2D eigenvalue weighted by Gasteiger charge is 2.28. The van der Waals surface area contributed by atoms with Gasteiger partial charge in [-0.3, -0.25) is 14.8 Å². The van der Waals surface area contributed by atoms with Crippen LogP contribution in [0, 0.1) is 0 Å². The number of piperazine rings is 1. The molecule has 2 aliphatic rings. The molecule has 2 rings (SSSR count). The van der Waals surface area contributed by atoms with Gasteiger partial charge in [-0.1, -0.05) is 0 Å². The van der Waals surface area contributed by atoms with Crippen molar-refractivity contribution >= 4 is 36.0 Å². The van der Waals surface area contributed by atoms with Gasteiger partial charge in [0.2, 0.25) is 0 Å². The van der Waals surface area contributed by atoms with Gasteiger partial charge in [-0.05, 0) is 34.6 Å². The number of nitrogens with one attached hydrogen (secondary N) is 2. The minimum absolute atomic E-state index is 0. The van der Waals surface area contributed by atoms with Crippen LogP contribution >= 0.6 is 24.0 Å². The van der Waals surface area contributed by atoms with Gasteiger partial charge in [0.1, 0.15) is 5.60 Å². The molecule has 2 saturated heterocycles. The van der Waals surface area contributed by atoms with Gasteiger partial charge in [0.15, 0.2) is 5.96 Å². The quantitative estimate of drug-likeness (QED) is 0.292. The fourth-order valence-electron chi connectivity index (χ4n) is 3.61. The zero-order valence-electron chi connectivity index (χ0n) is 20.2. The first-order valence-electron chi connectivity index (χ1n) is 11.1. The van der Waals surface area contributed by atoms with E-state index in [-0.39, 0.29) is 35.6 Å². The first-order valence-corrected chi connectivity index (χ1v) is 11.1. The lowest BCUT2D eigenvalue weighted by molar-refractivity contribution is -0.00834. The summed E-state index contributed by atoms with van der Waals surface area (Å²) in [4.78, 5) is 23.1. The number of ether oxygens (including phenoxy) is 2. The fraction of sp³-hybridized carbons (Fsp3) is 0.905. The van der Waals surface area contributed by atoms with Crippen LogP contribution in [-0.4, -0.2) is 117 Å². The summed E-state index contributed by atoms with van der Waals surface area (Å²) in [5.41, 5.74) is -0.406. The van der Waals surface area contributed by atoms with E-state index in [0.717, 1.165) is 65.0 Å². The van der Waals surface area contributed by atoms with Crippen molar-refractivity contribution in [3.05, 3.63) is 0 Å². The van der Waals surface area contributed by atoms with Crippen molar-refractivity contribution in [2.24, 2.45) is 4.99 Å². The van der Waals surface area contributed by atoms with Gasteiger partial charge in [0, 0.05) is 71.5 Å². The number of guanidine groups is 1. The molecular formula is C21H43IN6O3. The van der Waals surface area contributed by atoms with E-state index in [1.807, 2.05) is 20.8 Å². The average molecular weight is 555 g/mol. The number of carbonyl (C=O) groups is 1. The highest BCUT2D eigenvalue weighted by molar-refractivity contribution is 14.0. The monoisotopic (exact) mass is 554 g/mol. The Morgan fingerprint density at radius 1 is 1.00 bits per heavy atom. The van der Waals surface area contributed by atoms with E-state index >= 15 is 0 Å². The Hall–Kier alpha value is -0.850. The number of carbonyl (C=O) groups excluding carboxylic acids is 1. The molecule has 182 valence electrons. The summed E-state index contributed by atoms with van der Waals surface area (Å²) in [7, 11) is 1.80. The van der Waals surface area contributed by atoms with Crippen molar-refractivity contribution in [3.8, 4) is 0 Å². The Morgan fingerprint density at radius 2 is 1.61 bits per heavy atom. The fourth-order valence-corrected chi connectivity index (χ4v) is 3.61. The zero-order valence-corrected chi connectivity index (χ0v) is 22.5. The maximum Gasteiger partial charge on any atom is 0.410 e. The lowest BCUT2D eigenvalue weighted by atomic mass is 10.0. The predicted molar refractivity (Wildman–Crippen MR) is 135 cm³/mol. The van der Waals surface area contributed by atoms with E-state index in [4.69, 9.17) is 9.47 Å². The molecule has 0 radical (unpaired) electrons. The van der Waals surface area contributed by atoms with E-state index in [0.29, 0.717) is 13.1 Å². The summed E-state index contributed by atoms with van der Waals surface area (Å²) < 4.78 is 10.9. The summed E-state index contributed by atoms with van der Waals surface area (Å²) in [6.45, 7) is 19.4. The third-order valence-corrected chi connectivity index (χ3v) is 5.52. The van der Waals surface area contributed by atoms with Crippen molar-refractivity contribution in [2.75, 3.05) is 79.2 Å². The van der Waals surface area contributed by atoms with Crippen LogP contribution in [0.3, 0.4) is 0 Å². The molecule has 0 aromatic rings. The molecule has 9 nitrogen and oxygen atoms in total. The number of hydrogen-bond donors (Lipinski definition) is 2. The molecule has 10 heteroatoms. The van der Waals surface area contributed by atoms with Crippen molar-refractivity contribution < 1.29 is 14.3 Å². The average Bonchev–Trinajstić information content (AvgIpc) is 2.70. The topological polar surface area (TPSA) is 81.7 Å². The number of hydrogen-bond acceptors (Lipinski definition) is 6. The van der Waals surface area contributed by atoms with Crippen molar-refractivity contribution in [1.82, 2.24) is 25.3 Å². The molecule has 0 aromatic carbocycles. The Morgan fingerprint density at radius 3 is 2.16 bits per heavy atom. The summed E-state index contributed by atoms with van der Waals surface area (Å²) in [6, 6.07) is 0. The van der Waals surface area contributed by atoms with Crippen LogP contribution in [0.1, 0.15) is 34.6 Å². The minimum Gasteiger partial charge on any atom is -0.444 e. The van der Waals surface area contributed by atoms with E-state index < -0.39 is 5.60 Å². The van der Waals surface area contributed by atoms with Gasteiger partial charge in [0.05, 0.1) is 13.2 Å². The SMILES string of the molecule is CN=C(NCCN1CCN(C(=O)OC(C)(C)C)CC1)NCC(C)(C)N1CCOCC1.I. The number of amides is 1. The summed E-state index contributed by atoms with van der Waals surface area (Å²) >= 11 is 0. The molecule has 31 heavy (non-hydrogen) atoms. The van der Waals surface area contributed by atoms with Crippen LogP contribution in [0.4, 0.5) is 4.79 Å². The second-order valence-electron chi connectivity index (χ2n) is 9.57. The molecule has 1 amide bonds. The zero-order chi connectivity index (χ0) is 22.2. The molecule has 2 aliphatic heterocycles. The Labute approximate surface area is 205 Å². The Kier molecular flexibility index (Phi) is 11.8. The molecule has 0 bridgehead atoms. The van der Waals surface area contributed by atoms with Crippen LogP contribution in [0.2, 0.25) is 0 Å².